The van der Waals surface area contributed by atoms with E-state index in [1.54, 1.807) is 6.07 Å². The number of alkyl halides is 3. The Hall–Kier alpha value is -3.10. The maximum absolute atomic E-state index is 14.1. The topological polar surface area (TPSA) is 74.3 Å². The molecule has 36 heavy (non-hydrogen) atoms. The number of rotatable bonds is 6. The summed E-state index contributed by atoms with van der Waals surface area (Å²) in [5.74, 6) is -1.36. The summed E-state index contributed by atoms with van der Waals surface area (Å²) >= 11 is 0. The molecule has 1 saturated carbocycles. The van der Waals surface area contributed by atoms with Crippen molar-refractivity contribution in [2.24, 2.45) is 5.92 Å². The molecular weight excluding hydrogens is 469 g/mol. The van der Waals surface area contributed by atoms with Crippen LogP contribution in [0.5, 0.6) is 0 Å². The van der Waals surface area contributed by atoms with Crippen LogP contribution in [-0.4, -0.2) is 47.0 Å². The molecule has 2 aliphatic rings. The van der Waals surface area contributed by atoms with Gasteiger partial charge in [0.15, 0.2) is 6.04 Å². The van der Waals surface area contributed by atoms with Crippen LogP contribution < -0.4 is 10.6 Å². The van der Waals surface area contributed by atoms with Crippen molar-refractivity contribution >= 4 is 17.5 Å². The number of aromatic nitrogens is 1. The van der Waals surface area contributed by atoms with E-state index in [0.717, 1.165) is 11.3 Å². The first kappa shape index (κ1) is 26.0. The fourth-order valence-corrected chi connectivity index (χ4v) is 5.70. The van der Waals surface area contributed by atoms with Gasteiger partial charge in [0.05, 0.1) is 17.6 Å². The van der Waals surface area contributed by atoms with E-state index in [0.29, 0.717) is 24.9 Å². The average Bonchev–Trinajstić information content (AvgIpc) is 3.35. The second kappa shape index (κ2) is 9.75. The highest BCUT2D eigenvalue weighted by Crippen LogP contribution is 2.41. The number of nitrogens with one attached hydrogen (secondary N) is 2. The second-order valence-corrected chi connectivity index (χ2v) is 10.6. The van der Waals surface area contributed by atoms with Crippen molar-refractivity contribution in [2.45, 2.75) is 76.2 Å². The van der Waals surface area contributed by atoms with Crippen LogP contribution in [0.15, 0.2) is 42.6 Å². The minimum atomic E-state index is -4.68. The van der Waals surface area contributed by atoms with Crippen LogP contribution in [-0.2, 0) is 21.4 Å². The van der Waals surface area contributed by atoms with Gasteiger partial charge in [-0.15, -0.1) is 0 Å². The highest BCUT2D eigenvalue weighted by molar-refractivity contribution is 5.80. The number of hydrogen-bond donors (Lipinski definition) is 2. The first-order valence-corrected chi connectivity index (χ1v) is 12.3. The SMILES string of the molecule is CC(=O)N[C@H]1CC[C@@H](C(=O)N(C)C(c2ccc(N[C@H]3Cc4ccccc4C3(C)C)cn2)C(F)(F)F)C1. The van der Waals surface area contributed by atoms with E-state index in [2.05, 4.69) is 41.6 Å². The molecule has 1 fully saturated rings. The van der Waals surface area contributed by atoms with Crippen molar-refractivity contribution in [3.05, 3.63) is 59.4 Å². The van der Waals surface area contributed by atoms with Gasteiger partial charge >= 0.3 is 6.18 Å². The van der Waals surface area contributed by atoms with Gasteiger partial charge in [0.1, 0.15) is 0 Å². The molecule has 0 radical (unpaired) electrons. The molecule has 1 aromatic heterocycles. The monoisotopic (exact) mass is 502 g/mol. The first-order chi connectivity index (χ1) is 16.9. The van der Waals surface area contributed by atoms with Crippen LogP contribution in [0.2, 0.25) is 0 Å². The van der Waals surface area contributed by atoms with Crippen molar-refractivity contribution in [1.29, 1.82) is 0 Å². The molecule has 1 aromatic carbocycles. The number of benzene rings is 1. The van der Waals surface area contributed by atoms with Gasteiger partial charge < -0.3 is 15.5 Å². The van der Waals surface area contributed by atoms with Gasteiger partial charge in [-0.05, 0) is 48.9 Å². The van der Waals surface area contributed by atoms with Crippen LogP contribution in [0.3, 0.4) is 0 Å². The minimum absolute atomic E-state index is 0.0733. The van der Waals surface area contributed by atoms with Crippen LogP contribution in [0, 0.1) is 5.92 Å². The Kier molecular flexibility index (Phi) is 7.03. The first-order valence-electron chi connectivity index (χ1n) is 12.3. The lowest BCUT2D eigenvalue weighted by atomic mass is 9.83. The fourth-order valence-electron chi connectivity index (χ4n) is 5.70. The number of carbonyl (C=O) groups excluding carboxylic acids is 2. The lowest BCUT2D eigenvalue weighted by molar-refractivity contribution is -0.191. The Bertz CT molecular complexity index is 1120. The summed E-state index contributed by atoms with van der Waals surface area (Å²) in [6.45, 7) is 5.69. The predicted octanol–water partition coefficient (Wildman–Crippen LogP) is 4.76. The van der Waals surface area contributed by atoms with Crippen molar-refractivity contribution in [2.75, 3.05) is 12.4 Å². The third kappa shape index (κ3) is 5.20. The van der Waals surface area contributed by atoms with Gasteiger partial charge in [-0.3, -0.25) is 14.6 Å². The highest BCUT2D eigenvalue weighted by atomic mass is 19.4. The average molecular weight is 503 g/mol. The summed E-state index contributed by atoms with van der Waals surface area (Å²) in [5, 5.41) is 6.19. The van der Waals surface area contributed by atoms with Gasteiger partial charge in [0.2, 0.25) is 11.8 Å². The molecule has 2 N–H and O–H groups in total. The Morgan fingerprint density at radius 1 is 1.14 bits per heavy atom. The number of halogens is 3. The Labute approximate surface area is 209 Å². The van der Waals surface area contributed by atoms with E-state index in [1.165, 1.54) is 37.4 Å². The maximum atomic E-state index is 14.1. The third-order valence-corrected chi connectivity index (χ3v) is 7.65. The minimum Gasteiger partial charge on any atom is -0.380 e. The summed E-state index contributed by atoms with van der Waals surface area (Å²) in [6.07, 6.45) is -1.11. The molecule has 2 amide bonds. The summed E-state index contributed by atoms with van der Waals surface area (Å²) in [7, 11) is 1.18. The molecule has 6 nitrogen and oxygen atoms in total. The number of hydrogen-bond acceptors (Lipinski definition) is 4. The number of amides is 2. The van der Waals surface area contributed by atoms with Crippen LogP contribution in [0.4, 0.5) is 18.9 Å². The molecule has 0 aliphatic heterocycles. The molecular formula is C27H33F3N4O2. The number of nitrogens with zero attached hydrogens (tertiary/aromatic N) is 2. The molecule has 2 aromatic rings. The molecule has 194 valence electrons. The number of pyridine rings is 1. The van der Waals surface area contributed by atoms with E-state index in [-0.39, 0.29) is 29.1 Å². The quantitative estimate of drug-likeness (QED) is 0.597. The van der Waals surface area contributed by atoms with Crippen LogP contribution in [0.1, 0.15) is 62.9 Å². The molecule has 0 saturated heterocycles. The fraction of sp³-hybridized carbons (Fsp3) is 0.519. The van der Waals surface area contributed by atoms with Crippen molar-refractivity contribution in [3.8, 4) is 0 Å². The molecule has 2 aliphatic carbocycles. The van der Waals surface area contributed by atoms with Crippen molar-refractivity contribution < 1.29 is 22.8 Å². The van der Waals surface area contributed by atoms with E-state index < -0.39 is 24.0 Å². The second-order valence-electron chi connectivity index (χ2n) is 10.6. The summed E-state index contributed by atoms with van der Waals surface area (Å²) in [6, 6.07) is 8.91. The smallest absolute Gasteiger partial charge is 0.380 e. The zero-order valence-electron chi connectivity index (χ0n) is 21.0. The molecule has 0 spiro atoms. The van der Waals surface area contributed by atoms with E-state index in [9.17, 15) is 22.8 Å². The standard InChI is InChI=1S/C27H33F3N4O2/c1-16(35)32-19-10-9-18(13-19)25(36)34(4)24(27(28,29)30)22-12-11-20(15-31-22)33-23-14-17-7-5-6-8-21(17)26(23,2)3/h5-8,11-12,15,18-19,23-24,33H,9-10,13-14H2,1-4H3,(H,32,35)/t18-,19+,23+,24?/m1/s1. The molecule has 1 heterocycles. The molecule has 1 unspecified atom stereocenters. The zero-order chi connectivity index (χ0) is 26.3. The van der Waals surface area contributed by atoms with Gasteiger partial charge in [-0.2, -0.15) is 13.2 Å². The Morgan fingerprint density at radius 3 is 2.47 bits per heavy atom. The highest BCUT2D eigenvalue weighted by Gasteiger charge is 2.48. The molecule has 9 heteroatoms. The van der Waals surface area contributed by atoms with Crippen LogP contribution >= 0.6 is 0 Å². The lowest BCUT2D eigenvalue weighted by Crippen LogP contribution is -2.43. The van der Waals surface area contributed by atoms with Gasteiger partial charge in [0.25, 0.3) is 0 Å². The summed E-state index contributed by atoms with van der Waals surface area (Å²) in [5.41, 5.74) is 2.78. The molecule has 4 rings (SSSR count). The number of anilines is 1. The third-order valence-electron chi connectivity index (χ3n) is 7.65. The van der Waals surface area contributed by atoms with Crippen LogP contribution in [0.25, 0.3) is 0 Å². The van der Waals surface area contributed by atoms with Crippen molar-refractivity contribution in [3.63, 3.8) is 0 Å². The molecule has 4 atom stereocenters. The van der Waals surface area contributed by atoms with Gasteiger partial charge in [-0.1, -0.05) is 38.1 Å². The number of fused-ring (bicyclic) bond motifs is 1. The maximum Gasteiger partial charge on any atom is 0.414 e. The number of carbonyl (C=O) groups is 2. The predicted molar refractivity (Wildman–Crippen MR) is 131 cm³/mol. The largest absolute Gasteiger partial charge is 0.414 e. The molecule has 0 bridgehead atoms. The van der Waals surface area contributed by atoms with E-state index in [4.69, 9.17) is 0 Å². The Morgan fingerprint density at radius 2 is 1.86 bits per heavy atom. The lowest BCUT2D eigenvalue weighted by Gasteiger charge is -2.32. The summed E-state index contributed by atoms with van der Waals surface area (Å²) in [4.78, 5) is 29.2. The summed E-state index contributed by atoms with van der Waals surface area (Å²) < 4.78 is 42.4. The van der Waals surface area contributed by atoms with Crippen molar-refractivity contribution in [1.82, 2.24) is 15.2 Å². The van der Waals surface area contributed by atoms with Gasteiger partial charge in [-0.25, -0.2) is 0 Å². The van der Waals surface area contributed by atoms with E-state index >= 15 is 0 Å². The van der Waals surface area contributed by atoms with Gasteiger partial charge in [0, 0.05) is 37.4 Å². The Balaban J connectivity index is 1.48. The van der Waals surface area contributed by atoms with E-state index in [1.807, 2.05) is 12.1 Å². The zero-order valence-corrected chi connectivity index (χ0v) is 21.0. The normalized spacial score (nSPS) is 23.6.